The van der Waals surface area contributed by atoms with E-state index < -0.39 is 10.1 Å². The molecule has 0 spiro atoms. The predicted octanol–water partition coefficient (Wildman–Crippen LogP) is 0.304. The molecular weight excluding hydrogens is 190 g/mol. The van der Waals surface area contributed by atoms with Crippen molar-refractivity contribution in [2.45, 2.75) is 12.8 Å². The van der Waals surface area contributed by atoms with E-state index in [2.05, 4.69) is 16.1 Å². The molecule has 78 valence electrons. The van der Waals surface area contributed by atoms with Crippen LogP contribution in [0.15, 0.2) is 0 Å². The van der Waals surface area contributed by atoms with Gasteiger partial charge in [0.15, 0.2) is 0 Å². The highest BCUT2D eigenvalue weighted by molar-refractivity contribution is 7.85. The smallest absolute Gasteiger partial charge is 0.264 e. The molecule has 4 nitrogen and oxygen atoms in total. The lowest BCUT2D eigenvalue weighted by Crippen LogP contribution is -2.15. The fourth-order valence-corrected chi connectivity index (χ4v) is 2.03. The van der Waals surface area contributed by atoms with Crippen molar-refractivity contribution in [3.8, 4) is 0 Å². The zero-order valence-corrected chi connectivity index (χ0v) is 9.01. The zero-order valence-electron chi connectivity index (χ0n) is 8.19. The third kappa shape index (κ3) is 4.59. The Morgan fingerprint density at radius 2 is 2.23 bits per heavy atom. The van der Waals surface area contributed by atoms with Crippen LogP contribution in [-0.4, -0.2) is 46.3 Å². The molecule has 0 radical (unpaired) electrons. The molecule has 0 aliphatic carbocycles. The molecule has 1 atom stereocenters. The molecule has 0 N–H and O–H groups in total. The average molecular weight is 207 g/mol. The van der Waals surface area contributed by atoms with E-state index in [0.717, 1.165) is 32.2 Å². The van der Waals surface area contributed by atoms with Gasteiger partial charge in [0.1, 0.15) is 0 Å². The summed E-state index contributed by atoms with van der Waals surface area (Å²) in [6, 6.07) is 0. The van der Waals surface area contributed by atoms with Crippen LogP contribution in [0.1, 0.15) is 12.8 Å². The number of nitrogens with zero attached hydrogens (tertiary/aromatic N) is 1. The van der Waals surface area contributed by atoms with E-state index in [1.54, 1.807) is 0 Å². The van der Waals surface area contributed by atoms with Gasteiger partial charge in [0.25, 0.3) is 10.1 Å². The van der Waals surface area contributed by atoms with Crippen LogP contribution < -0.4 is 0 Å². The highest BCUT2D eigenvalue weighted by Crippen LogP contribution is 2.17. The number of rotatable bonds is 4. The topological polar surface area (TPSA) is 46.6 Å². The Kier molecular flexibility index (Phi) is 3.70. The van der Waals surface area contributed by atoms with Gasteiger partial charge in [0.05, 0.1) is 12.9 Å². The Morgan fingerprint density at radius 3 is 2.69 bits per heavy atom. The van der Waals surface area contributed by atoms with E-state index in [-0.39, 0.29) is 0 Å². The van der Waals surface area contributed by atoms with Gasteiger partial charge in [-0.3, -0.25) is 4.18 Å². The molecular formula is C8H17NO3S. The fourth-order valence-electron chi connectivity index (χ4n) is 1.63. The standard InChI is InChI=1S/C8H17NO3S/c1-9-5-3-8(7-9)4-6-12-13(2,10)11/h8H,3-7H2,1-2H3. The molecule has 0 amide bonds. The summed E-state index contributed by atoms with van der Waals surface area (Å²) in [5.74, 6) is 0.603. The summed E-state index contributed by atoms with van der Waals surface area (Å²) in [7, 11) is -1.16. The maximum absolute atomic E-state index is 10.6. The second kappa shape index (κ2) is 4.39. The van der Waals surface area contributed by atoms with Gasteiger partial charge in [-0.2, -0.15) is 8.42 Å². The Balaban J connectivity index is 2.14. The van der Waals surface area contributed by atoms with Gasteiger partial charge in [-0.25, -0.2) is 0 Å². The molecule has 0 aromatic carbocycles. The van der Waals surface area contributed by atoms with Crippen LogP contribution in [0, 0.1) is 5.92 Å². The van der Waals surface area contributed by atoms with Crippen LogP contribution in [0.2, 0.25) is 0 Å². The molecule has 0 aromatic rings. The predicted molar refractivity (Wildman–Crippen MR) is 51.0 cm³/mol. The maximum atomic E-state index is 10.6. The third-order valence-electron chi connectivity index (χ3n) is 2.31. The van der Waals surface area contributed by atoms with Gasteiger partial charge in [-0.15, -0.1) is 0 Å². The summed E-state index contributed by atoms with van der Waals surface area (Å²) >= 11 is 0. The maximum Gasteiger partial charge on any atom is 0.264 e. The molecule has 1 aliphatic heterocycles. The van der Waals surface area contributed by atoms with E-state index in [9.17, 15) is 8.42 Å². The van der Waals surface area contributed by atoms with Crippen molar-refractivity contribution >= 4 is 10.1 Å². The van der Waals surface area contributed by atoms with Crippen LogP contribution >= 0.6 is 0 Å². The lowest BCUT2D eigenvalue weighted by molar-refractivity contribution is 0.282. The first-order valence-corrected chi connectivity index (χ1v) is 6.32. The number of hydrogen-bond donors (Lipinski definition) is 0. The van der Waals surface area contributed by atoms with Crippen molar-refractivity contribution in [2.24, 2.45) is 5.92 Å². The van der Waals surface area contributed by atoms with Crippen LogP contribution in [0.25, 0.3) is 0 Å². The molecule has 5 heteroatoms. The first-order valence-electron chi connectivity index (χ1n) is 4.50. The van der Waals surface area contributed by atoms with E-state index in [0.29, 0.717) is 12.5 Å². The molecule has 1 heterocycles. The van der Waals surface area contributed by atoms with Gasteiger partial charge in [-0.05, 0) is 32.4 Å². The lowest BCUT2D eigenvalue weighted by Gasteiger charge is -2.09. The summed E-state index contributed by atoms with van der Waals surface area (Å²) < 4.78 is 26.0. The van der Waals surface area contributed by atoms with E-state index in [4.69, 9.17) is 0 Å². The average Bonchev–Trinajstić information content (AvgIpc) is 2.33. The van der Waals surface area contributed by atoms with Crippen LogP contribution in [0.4, 0.5) is 0 Å². The first-order chi connectivity index (χ1) is 5.97. The Bertz CT molecular complexity index is 250. The lowest BCUT2D eigenvalue weighted by atomic mass is 10.1. The third-order valence-corrected chi connectivity index (χ3v) is 2.91. The Labute approximate surface area is 80.0 Å². The van der Waals surface area contributed by atoms with Crippen molar-refractivity contribution in [1.29, 1.82) is 0 Å². The summed E-state index contributed by atoms with van der Waals surface area (Å²) in [5.41, 5.74) is 0. The van der Waals surface area contributed by atoms with Crippen molar-refractivity contribution in [3.05, 3.63) is 0 Å². The highest BCUT2D eigenvalue weighted by Gasteiger charge is 2.19. The normalized spacial score (nSPS) is 25.2. The minimum atomic E-state index is -3.24. The minimum absolute atomic E-state index is 0.331. The van der Waals surface area contributed by atoms with Gasteiger partial charge in [0, 0.05) is 6.54 Å². The van der Waals surface area contributed by atoms with Gasteiger partial charge >= 0.3 is 0 Å². The quantitative estimate of drug-likeness (QED) is 0.622. The monoisotopic (exact) mass is 207 g/mol. The summed E-state index contributed by atoms with van der Waals surface area (Å²) in [5, 5.41) is 0. The van der Waals surface area contributed by atoms with Crippen LogP contribution in [0.3, 0.4) is 0 Å². The number of likely N-dealkylation sites (tertiary alicyclic amines) is 1. The first kappa shape index (κ1) is 10.9. The van der Waals surface area contributed by atoms with E-state index in [1.165, 1.54) is 0 Å². The summed E-state index contributed by atoms with van der Waals surface area (Å²) in [6.07, 6.45) is 3.09. The molecule has 1 rings (SSSR count). The Morgan fingerprint density at radius 1 is 1.54 bits per heavy atom. The van der Waals surface area contributed by atoms with E-state index in [1.807, 2.05) is 0 Å². The highest BCUT2D eigenvalue weighted by atomic mass is 32.2. The largest absolute Gasteiger partial charge is 0.306 e. The fraction of sp³-hybridized carbons (Fsp3) is 1.00. The van der Waals surface area contributed by atoms with Gasteiger partial charge in [0.2, 0.25) is 0 Å². The molecule has 1 unspecified atom stereocenters. The second-order valence-electron chi connectivity index (χ2n) is 3.73. The molecule has 0 bridgehead atoms. The molecule has 0 aromatic heterocycles. The summed E-state index contributed by atoms with van der Waals surface area (Å²) in [4.78, 5) is 2.26. The molecule has 1 aliphatic rings. The SMILES string of the molecule is CN1CCC(CCOS(C)(=O)=O)C1. The van der Waals surface area contributed by atoms with Crippen molar-refractivity contribution in [1.82, 2.24) is 4.90 Å². The molecule has 0 saturated carbocycles. The Hall–Kier alpha value is -0.130. The molecule has 1 saturated heterocycles. The zero-order chi connectivity index (χ0) is 9.90. The number of hydrogen-bond acceptors (Lipinski definition) is 4. The summed E-state index contributed by atoms with van der Waals surface area (Å²) in [6.45, 7) is 2.51. The van der Waals surface area contributed by atoms with Crippen LogP contribution in [-0.2, 0) is 14.3 Å². The van der Waals surface area contributed by atoms with Crippen LogP contribution in [0.5, 0.6) is 0 Å². The van der Waals surface area contributed by atoms with Crippen molar-refractivity contribution in [2.75, 3.05) is 33.0 Å². The second-order valence-corrected chi connectivity index (χ2v) is 5.38. The van der Waals surface area contributed by atoms with Gasteiger partial charge in [-0.1, -0.05) is 0 Å². The van der Waals surface area contributed by atoms with E-state index >= 15 is 0 Å². The minimum Gasteiger partial charge on any atom is -0.306 e. The van der Waals surface area contributed by atoms with Crippen molar-refractivity contribution < 1.29 is 12.6 Å². The molecule has 1 fully saturated rings. The van der Waals surface area contributed by atoms with Gasteiger partial charge < -0.3 is 4.90 Å². The molecule has 13 heavy (non-hydrogen) atoms. The van der Waals surface area contributed by atoms with Crippen molar-refractivity contribution in [3.63, 3.8) is 0 Å².